The topological polar surface area (TPSA) is 26.3 Å². The molecular formula is C29H28O2Si. The van der Waals surface area contributed by atoms with E-state index in [9.17, 15) is 4.79 Å². The molecule has 0 radical (unpaired) electrons. The van der Waals surface area contributed by atoms with Gasteiger partial charge in [-0.05, 0) is 23.3 Å². The molecule has 4 rings (SSSR count). The molecule has 0 aliphatic rings. The van der Waals surface area contributed by atoms with E-state index in [2.05, 4.69) is 79.8 Å². The number of esters is 1. The Bertz CT molecular complexity index is 1130. The molecule has 0 saturated carbocycles. The van der Waals surface area contributed by atoms with Crippen LogP contribution >= 0.6 is 0 Å². The number of carbonyl (C=O) groups is 1. The van der Waals surface area contributed by atoms with E-state index < -0.39 is 14.2 Å². The molecule has 0 aliphatic heterocycles. The molecule has 32 heavy (non-hydrogen) atoms. The molecule has 0 unspecified atom stereocenters. The summed E-state index contributed by atoms with van der Waals surface area (Å²) in [7, 11) is -2.14. The maximum absolute atomic E-state index is 13.2. The van der Waals surface area contributed by atoms with Crippen molar-refractivity contribution in [2.75, 3.05) is 0 Å². The van der Waals surface area contributed by atoms with Crippen LogP contribution in [0, 0.1) is 0 Å². The normalized spacial score (nSPS) is 13.2. The van der Waals surface area contributed by atoms with Crippen LogP contribution in [-0.4, -0.2) is 14.0 Å². The first-order valence-electron chi connectivity index (χ1n) is 11.0. The lowest BCUT2D eigenvalue weighted by atomic mass is 10.00. The van der Waals surface area contributed by atoms with Crippen molar-refractivity contribution in [2.24, 2.45) is 0 Å². The summed E-state index contributed by atoms with van der Waals surface area (Å²) in [6, 6.07) is 40.6. The Hall–Kier alpha value is -3.43. The van der Waals surface area contributed by atoms with Crippen molar-refractivity contribution < 1.29 is 9.53 Å². The molecular weight excluding hydrogens is 408 g/mol. The van der Waals surface area contributed by atoms with Crippen molar-refractivity contribution >= 4 is 19.2 Å². The van der Waals surface area contributed by atoms with E-state index in [1.807, 2.05) is 54.6 Å². The fraction of sp³-hybridized carbons (Fsp3) is 0.138. The van der Waals surface area contributed by atoms with E-state index in [-0.39, 0.29) is 11.5 Å². The van der Waals surface area contributed by atoms with Gasteiger partial charge in [0.2, 0.25) is 0 Å². The van der Waals surface area contributed by atoms with Gasteiger partial charge in [-0.3, -0.25) is 0 Å². The van der Waals surface area contributed by atoms with Crippen LogP contribution in [0.15, 0.2) is 121 Å². The lowest BCUT2D eigenvalue weighted by molar-refractivity contribution is 0.0279. The van der Waals surface area contributed by atoms with E-state index in [4.69, 9.17) is 4.74 Å². The average molecular weight is 437 g/mol. The number of ether oxygens (including phenoxy) is 1. The minimum absolute atomic E-state index is 0.0427. The molecule has 4 aromatic rings. The van der Waals surface area contributed by atoms with Gasteiger partial charge in [0.05, 0.1) is 13.6 Å². The average Bonchev–Trinajstić information content (AvgIpc) is 2.86. The monoisotopic (exact) mass is 436 g/mol. The maximum Gasteiger partial charge on any atom is 0.338 e. The summed E-state index contributed by atoms with van der Waals surface area (Å²) in [5.74, 6) is -0.293. The van der Waals surface area contributed by atoms with Gasteiger partial charge in [0.1, 0.15) is 6.10 Å². The molecule has 0 spiro atoms. The summed E-state index contributed by atoms with van der Waals surface area (Å²) in [6.45, 7) is 4.73. The molecule has 160 valence electrons. The molecule has 0 heterocycles. The van der Waals surface area contributed by atoms with E-state index >= 15 is 0 Å². The van der Waals surface area contributed by atoms with Crippen molar-refractivity contribution in [3.8, 4) is 0 Å². The molecule has 4 aromatic carbocycles. The van der Waals surface area contributed by atoms with Crippen LogP contribution in [0.5, 0.6) is 0 Å². The van der Waals surface area contributed by atoms with Crippen LogP contribution in [0.25, 0.3) is 0 Å². The van der Waals surface area contributed by atoms with Gasteiger partial charge in [-0.25, -0.2) is 4.79 Å². The van der Waals surface area contributed by atoms with Crippen molar-refractivity contribution in [1.82, 2.24) is 0 Å². The Morgan fingerprint density at radius 3 is 1.59 bits per heavy atom. The first kappa shape index (κ1) is 21.8. The second kappa shape index (κ2) is 9.80. The van der Waals surface area contributed by atoms with Gasteiger partial charge >= 0.3 is 5.97 Å². The van der Waals surface area contributed by atoms with Crippen molar-refractivity contribution in [1.29, 1.82) is 0 Å². The highest BCUT2D eigenvalue weighted by molar-refractivity contribution is 6.91. The summed E-state index contributed by atoms with van der Waals surface area (Å²) in [5.41, 5.74) is 2.82. The number of carbonyl (C=O) groups excluding carboxylic acids is 1. The molecule has 0 fully saturated rings. The van der Waals surface area contributed by atoms with Crippen LogP contribution in [0.3, 0.4) is 0 Å². The maximum atomic E-state index is 13.2. The zero-order chi connectivity index (χ0) is 22.4. The lowest BCUT2D eigenvalue weighted by Crippen LogP contribution is -2.50. The van der Waals surface area contributed by atoms with Gasteiger partial charge in [-0.1, -0.05) is 127 Å². The Morgan fingerprint density at radius 2 is 1.06 bits per heavy atom. The molecule has 0 amide bonds. The summed E-state index contributed by atoms with van der Waals surface area (Å²) < 4.78 is 6.34. The molecule has 2 nitrogen and oxygen atoms in total. The zero-order valence-corrected chi connectivity index (χ0v) is 19.5. The molecule has 0 bridgehead atoms. The quantitative estimate of drug-likeness (QED) is 0.243. The highest BCUT2D eigenvalue weighted by Crippen LogP contribution is 2.41. The summed E-state index contributed by atoms with van der Waals surface area (Å²) in [6.07, 6.45) is -0.395. The number of hydrogen-bond donors (Lipinski definition) is 0. The number of rotatable bonds is 7. The fourth-order valence-electron chi connectivity index (χ4n) is 4.41. The predicted octanol–water partition coefficient (Wildman–Crippen LogP) is 6.52. The van der Waals surface area contributed by atoms with Crippen molar-refractivity contribution in [2.45, 2.75) is 24.7 Å². The Morgan fingerprint density at radius 1 is 0.625 bits per heavy atom. The summed E-state index contributed by atoms with van der Waals surface area (Å²) in [4.78, 5) is 13.2. The van der Waals surface area contributed by atoms with E-state index in [0.717, 1.165) is 5.56 Å². The van der Waals surface area contributed by atoms with Gasteiger partial charge < -0.3 is 4.74 Å². The first-order valence-corrected chi connectivity index (χ1v) is 14.1. The molecule has 0 aromatic heterocycles. The van der Waals surface area contributed by atoms with Crippen LogP contribution in [0.1, 0.15) is 33.1 Å². The van der Waals surface area contributed by atoms with Crippen LogP contribution in [-0.2, 0) is 4.74 Å². The number of hydrogen-bond acceptors (Lipinski definition) is 2. The second-order valence-electron chi connectivity index (χ2n) is 8.58. The van der Waals surface area contributed by atoms with E-state index in [1.165, 1.54) is 10.8 Å². The van der Waals surface area contributed by atoms with Crippen LogP contribution < -0.4 is 5.19 Å². The van der Waals surface area contributed by atoms with Gasteiger partial charge in [0, 0.05) is 5.54 Å². The van der Waals surface area contributed by atoms with E-state index in [1.54, 1.807) is 0 Å². The van der Waals surface area contributed by atoms with Crippen LogP contribution in [0.4, 0.5) is 0 Å². The summed E-state index contributed by atoms with van der Waals surface area (Å²) in [5, 5.41) is 1.34. The van der Waals surface area contributed by atoms with Crippen molar-refractivity contribution in [3.05, 3.63) is 138 Å². The first-order chi connectivity index (χ1) is 15.6. The van der Waals surface area contributed by atoms with Crippen molar-refractivity contribution in [3.63, 3.8) is 0 Å². The Balaban J connectivity index is 1.84. The third-order valence-electron chi connectivity index (χ3n) is 6.13. The molecule has 2 atom stereocenters. The fourth-order valence-corrected chi connectivity index (χ4v) is 7.86. The molecule has 0 N–H and O–H groups in total. The van der Waals surface area contributed by atoms with Gasteiger partial charge in [-0.15, -0.1) is 0 Å². The minimum Gasteiger partial charge on any atom is -0.454 e. The highest BCUT2D eigenvalue weighted by Gasteiger charge is 2.42. The summed E-state index contributed by atoms with van der Waals surface area (Å²) >= 11 is 0. The van der Waals surface area contributed by atoms with Crippen LogP contribution in [0.2, 0.25) is 13.1 Å². The smallest absolute Gasteiger partial charge is 0.338 e. The standard InChI is InChI=1S/C29H28O2Si/c1-32(2,26-21-13-6-14-22-26)28(24-17-9-4-10-18-24)27(23-15-7-3-8-16-23)31-29(30)25-19-11-5-12-20-25/h3-22,27-28H,1-2H3/t27-,28+/m1/s1. The second-order valence-corrected chi connectivity index (χ2v) is 13.2. The number of benzene rings is 4. The van der Waals surface area contributed by atoms with E-state index in [0.29, 0.717) is 5.56 Å². The van der Waals surface area contributed by atoms with Gasteiger partial charge in [0.25, 0.3) is 0 Å². The van der Waals surface area contributed by atoms with Gasteiger partial charge in [-0.2, -0.15) is 0 Å². The third-order valence-corrected chi connectivity index (χ3v) is 10.1. The highest BCUT2D eigenvalue weighted by atomic mass is 28.3. The molecule has 0 aliphatic carbocycles. The lowest BCUT2D eigenvalue weighted by Gasteiger charge is -2.39. The van der Waals surface area contributed by atoms with Gasteiger partial charge in [0.15, 0.2) is 0 Å². The minimum atomic E-state index is -2.14. The predicted molar refractivity (Wildman–Crippen MR) is 134 cm³/mol. The Labute approximate surface area is 191 Å². The largest absolute Gasteiger partial charge is 0.454 e. The third kappa shape index (κ3) is 4.73. The molecule has 0 saturated heterocycles. The Kier molecular flexibility index (Phi) is 6.67. The molecule has 3 heteroatoms. The SMILES string of the molecule is C[Si](C)(c1ccccc1)[C@@H](c1ccccc1)[C@H](OC(=O)c1ccccc1)c1ccccc1. The zero-order valence-electron chi connectivity index (χ0n) is 18.5.